The molecule has 0 radical (unpaired) electrons. The van der Waals surface area contributed by atoms with Crippen LogP contribution in [0, 0.1) is 5.92 Å². The second kappa shape index (κ2) is 3.51. The molecule has 0 aromatic carbocycles. The Hall–Kier alpha value is -0.130. The van der Waals surface area contributed by atoms with Gasteiger partial charge in [-0.05, 0) is 6.54 Å². The summed E-state index contributed by atoms with van der Waals surface area (Å²) < 4.78 is 27.3. The predicted octanol–water partition coefficient (Wildman–Crippen LogP) is -0.994. The van der Waals surface area contributed by atoms with Crippen LogP contribution in [0.3, 0.4) is 0 Å². The van der Waals surface area contributed by atoms with Crippen molar-refractivity contribution < 1.29 is 13.2 Å². The summed E-state index contributed by atoms with van der Waals surface area (Å²) in [6.07, 6.45) is 0. The van der Waals surface area contributed by atoms with Gasteiger partial charge in [0.25, 0.3) is 0 Å². The molecule has 1 heterocycles. The van der Waals surface area contributed by atoms with E-state index in [1.807, 2.05) is 0 Å². The number of hydrogen-bond donors (Lipinski definition) is 1. The Kier molecular flexibility index (Phi) is 2.86. The zero-order chi connectivity index (χ0) is 8.32. The van der Waals surface area contributed by atoms with Crippen LogP contribution in [0.5, 0.6) is 0 Å². The molecule has 66 valence electrons. The fourth-order valence-electron chi connectivity index (χ4n) is 1.06. The lowest BCUT2D eigenvalue weighted by molar-refractivity contribution is 0.126. The van der Waals surface area contributed by atoms with Crippen LogP contribution in [0.15, 0.2) is 0 Å². The van der Waals surface area contributed by atoms with Crippen LogP contribution in [0.25, 0.3) is 0 Å². The third-order valence-electron chi connectivity index (χ3n) is 1.72. The third kappa shape index (κ3) is 2.76. The van der Waals surface area contributed by atoms with E-state index in [1.165, 1.54) is 0 Å². The molecule has 0 amide bonds. The zero-order valence-electron chi connectivity index (χ0n) is 6.32. The molecule has 1 aliphatic heterocycles. The smallest absolute Gasteiger partial charge is 0.152 e. The van der Waals surface area contributed by atoms with Crippen LogP contribution in [0.2, 0.25) is 0 Å². The molecule has 0 aliphatic carbocycles. The van der Waals surface area contributed by atoms with Gasteiger partial charge in [-0.2, -0.15) is 0 Å². The number of nitrogens with two attached hydrogens (primary N) is 1. The molecule has 11 heavy (non-hydrogen) atoms. The van der Waals surface area contributed by atoms with Crippen molar-refractivity contribution in [2.24, 2.45) is 11.7 Å². The van der Waals surface area contributed by atoms with Crippen LogP contribution in [0.4, 0.5) is 0 Å². The summed E-state index contributed by atoms with van der Waals surface area (Å²) in [5.74, 6) is 0.315. The summed E-state index contributed by atoms with van der Waals surface area (Å²) in [4.78, 5) is 0. The second-order valence-electron chi connectivity index (χ2n) is 2.79. The highest BCUT2D eigenvalue weighted by molar-refractivity contribution is 7.91. The molecule has 2 N–H and O–H groups in total. The first kappa shape index (κ1) is 8.96. The molecule has 1 rings (SSSR count). The molecule has 5 heteroatoms. The second-order valence-corrected chi connectivity index (χ2v) is 5.02. The van der Waals surface area contributed by atoms with E-state index in [0.29, 0.717) is 19.8 Å². The van der Waals surface area contributed by atoms with Gasteiger partial charge in [0, 0.05) is 5.92 Å². The van der Waals surface area contributed by atoms with Crippen LogP contribution in [-0.4, -0.2) is 39.7 Å². The largest absolute Gasteiger partial charge is 0.380 e. The maximum Gasteiger partial charge on any atom is 0.152 e. The fourth-order valence-corrected chi connectivity index (χ4v) is 2.55. The van der Waals surface area contributed by atoms with Crippen molar-refractivity contribution in [2.75, 3.05) is 31.3 Å². The van der Waals surface area contributed by atoms with Crippen molar-refractivity contribution in [1.29, 1.82) is 0 Å². The lowest BCUT2D eigenvalue weighted by atomic mass is 10.2. The summed E-state index contributed by atoms with van der Waals surface area (Å²) in [6.45, 7) is 1.19. The minimum absolute atomic E-state index is 0.0116. The minimum Gasteiger partial charge on any atom is -0.380 e. The van der Waals surface area contributed by atoms with Gasteiger partial charge in [0.2, 0.25) is 0 Å². The van der Waals surface area contributed by atoms with E-state index in [-0.39, 0.29) is 17.4 Å². The van der Waals surface area contributed by atoms with Gasteiger partial charge >= 0.3 is 0 Å². The Morgan fingerprint density at radius 1 is 1.55 bits per heavy atom. The fraction of sp³-hybridized carbons (Fsp3) is 1.00. The maximum atomic E-state index is 11.1. The third-order valence-corrected chi connectivity index (χ3v) is 3.48. The number of rotatable bonds is 1. The first-order valence-corrected chi connectivity index (χ1v) is 5.44. The van der Waals surface area contributed by atoms with Gasteiger partial charge in [-0.1, -0.05) is 0 Å². The summed E-state index contributed by atoms with van der Waals surface area (Å²) in [5.41, 5.74) is 5.35. The van der Waals surface area contributed by atoms with E-state index < -0.39 is 9.84 Å². The molecule has 1 aliphatic rings. The molecule has 1 fully saturated rings. The molecule has 0 spiro atoms. The van der Waals surface area contributed by atoms with E-state index in [0.717, 1.165) is 0 Å². The normalized spacial score (nSPS) is 31.2. The Balaban J connectivity index is 2.61. The molecule has 4 nitrogen and oxygen atoms in total. The molecule has 0 aromatic heterocycles. The Morgan fingerprint density at radius 2 is 2.27 bits per heavy atom. The molecule has 1 saturated heterocycles. The van der Waals surface area contributed by atoms with Crippen LogP contribution >= 0.6 is 0 Å². The molecule has 0 bridgehead atoms. The molecule has 1 atom stereocenters. The molecule has 1 unspecified atom stereocenters. The highest BCUT2D eigenvalue weighted by Gasteiger charge is 2.21. The van der Waals surface area contributed by atoms with Gasteiger partial charge in [-0.3, -0.25) is 0 Å². The molecular weight excluding hydrogens is 166 g/mol. The predicted molar refractivity (Wildman–Crippen MR) is 42.0 cm³/mol. The van der Waals surface area contributed by atoms with Gasteiger partial charge in [0.1, 0.15) is 0 Å². The van der Waals surface area contributed by atoms with Crippen molar-refractivity contribution in [2.45, 2.75) is 0 Å². The number of hydrogen-bond acceptors (Lipinski definition) is 4. The lowest BCUT2D eigenvalue weighted by Crippen LogP contribution is -2.25. The summed E-state index contributed by atoms with van der Waals surface area (Å²) in [6, 6.07) is 0. The van der Waals surface area contributed by atoms with E-state index in [2.05, 4.69) is 0 Å². The highest BCUT2D eigenvalue weighted by Crippen LogP contribution is 2.06. The lowest BCUT2D eigenvalue weighted by Gasteiger charge is -2.08. The Bertz CT molecular complexity index is 212. The average molecular weight is 179 g/mol. The van der Waals surface area contributed by atoms with E-state index in [1.54, 1.807) is 0 Å². The van der Waals surface area contributed by atoms with Gasteiger partial charge in [-0.25, -0.2) is 8.42 Å². The minimum atomic E-state index is -2.89. The monoisotopic (exact) mass is 179 g/mol. The molecule has 0 saturated carbocycles. The number of sulfone groups is 1. The van der Waals surface area contributed by atoms with Crippen LogP contribution in [-0.2, 0) is 14.6 Å². The highest BCUT2D eigenvalue weighted by atomic mass is 32.2. The zero-order valence-corrected chi connectivity index (χ0v) is 7.14. The topological polar surface area (TPSA) is 69.4 Å². The molecular formula is C6H13NO3S. The van der Waals surface area contributed by atoms with Crippen LogP contribution in [0.1, 0.15) is 0 Å². The Morgan fingerprint density at radius 3 is 2.91 bits per heavy atom. The van der Waals surface area contributed by atoms with Crippen molar-refractivity contribution >= 4 is 9.84 Å². The number of ether oxygens (including phenoxy) is 1. The molecule has 0 aromatic rings. The van der Waals surface area contributed by atoms with Gasteiger partial charge in [-0.15, -0.1) is 0 Å². The van der Waals surface area contributed by atoms with Crippen LogP contribution < -0.4 is 5.73 Å². The van der Waals surface area contributed by atoms with E-state index in [4.69, 9.17) is 10.5 Å². The van der Waals surface area contributed by atoms with E-state index in [9.17, 15) is 8.42 Å². The maximum absolute atomic E-state index is 11.1. The first-order valence-electron chi connectivity index (χ1n) is 3.62. The van der Waals surface area contributed by atoms with E-state index >= 15 is 0 Å². The SMILES string of the molecule is NCC1COCCS(=O)(=O)C1. The standard InChI is InChI=1S/C6H13NO3S/c7-3-6-4-10-1-2-11(8,9)5-6/h6H,1-5,7H2. The summed E-state index contributed by atoms with van der Waals surface area (Å²) in [7, 11) is -2.89. The summed E-state index contributed by atoms with van der Waals surface area (Å²) >= 11 is 0. The van der Waals surface area contributed by atoms with Crippen molar-refractivity contribution in [3.63, 3.8) is 0 Å². The van der Waals surface area contributed by atoms with Crippen molar-refractivity contribution in [3.8, 4) is 0 Å². The first-order chi connectivity index (χ1) is 5.14. The van der Waals surface area contributed by atoms with Gasteiger partial charge in [0.05, 0.1) is 24.7 Å². The van der Waals surface area contributed by atoms with Crippen molar-refractivity contribution in [1.82, 2.24) is 0 Å². The quantitative estimate of drug-likeness (QED) is 0.561. The van der Waals surface area contributed by atoms with Gasteiger partial charge in [0.15, 0.2) is 9.84 Å². The van der Waals surface area contributed by atoms with Crippen molar-refractivity contribution in [3.05, 3.63) is 0 Å². The summed E-state index contributed by atoms with van der Waals surface area (Å²) in [5, 5.41) is 0. The Labute approximate surface area is 66.6 Å². The van der Waals surface area contributed by atoms with Gasteiger partial charge < -0.3 is 10.5 Å². The average Bonchev–Trinajstić information content (AvgIpc) is 2.10.